The van der Waals surface area contributed by atoms with E-state index in [9.17, 15) is 9.59 Å². The van der Waals surface area contributed by atoms with Gasteiger partial charge in [0.1, 0.15) is 0 Å². The minimum absolute atomic E-state index is 0.0905. The maximum absolute atomic E-state index is 11.6. The molecule has 6 heteroatoms. The van der Waals surface area contributed by atoms with E-state index in [1.807, 2.05) is 19.1 Å². The Bertz CT molecular complexity index is 463. The van der Waals surface area contributed by atoms with Gasteiger partial charge in [-0.2, -0.15) is 0 Å². The van der Waals surface area contributed by atoms with Crippen molar-refractivity contribution in [2.24, 2.45) is 5.73 Å². The van der Waals surface area contributed by atoms with E-state index in [1.165, 1.54) is 0 Å². The van der Waals surface area contributed by atoms with Gasteiger partial charge in [-0.3, -0.25) is 9.69 Å². The van der Waals surface area contributed by atoms with Gasteiger partial charge in [-0.15, -0.1) is 0 Å². The van der Waals surface area contributed by atoms with Crippen molar-refractivity contribution in [3.63, 3.8) is 0 Å². The maximum atomic E-state index is 11.6. The lowest BCUT2D eigenvalue weighted by molar-refractivity contribution is 0.197. The zero-order valence-electron chi connectivity index (χ0n) is 9.09. The number of hydrogen-bond acceptors (Lipinski definition) is 3. The summed E-state index contributed by atoms with van der Waals surface area (Å²) in [6, 6.07) is 6.30. The Kier molecular flexibility index (Phi) is 3.31. The zero-order chi connectivity index (χ0) is 12.6. The van der Waals surface area contributed by atoms with Crippen LogP contribution in [0.1, 0.15) is 17.7 Å². The number of amides is 3. The summed E-state index contributed by atoms with van der Waals surface area (Å²) in [5.41, 5.74) is 6.14. The average Bonchev–Trinajstić information content (AvgIpc) is 2.55. The predicted octanol–water partition coefficient (Wildman–Crippen LogP) is 3.02. The van der Waals surface area contributed by atoms with Gasteiger partial charge < -0.3 is 5.73 Å². The number of nitrogens with two attached hydrogens (primary N) is 1. The first-order valence-electron chi connectivity index (χ1n) is 5.05. The van der Waals surface area contributed by atoms with E-state index in [-0.39, 0.29) is 16.5 Å². The first-order chi connectivity index (χ1) is 8.00. The molecular formula is C11H11ClN2O2S. The third-order valence-corrected chi connectivity index (χ3v) is 4.28. The van der Waals surface area contributed by atoms with E-state index < -0.39 is 6.03 Å². The fraction of sp³-hybridized carbons (Fsp3) is 0.273. The zero-order valence-corrected chi connectivity index (χ0v) is 10.7. The van der Waals surface area contributed by atoms with E-state index in [0.717, 1.165) is 22.2 Å². The Morgan fingerprint density at radius 1 is 1.41 bits per heavy atom. The molecule has 0 spiro atoms. The number of halogens is 1. The molecule has 1 heterocycles. The third-order valence-electron chi connectivity index (χ3n) is 2.71. The number of rotatable bonds is 1. The van der Waals surface area contributed by atoms with Crippen molar-refractivity contribution in [3.05, 3.63) is 34.9 Å². The maximum Gasteiger partial charge on any atom is 0.322 e. The lowest BCUT2D eigenvalue weighted by Gasteiger charge is -2.19. The quantitative estimate of drug-likeness (QED) is 0.853. The highest BCUT2D eigenvalue weighted by Gasteiger charge is 2.41. The third kappa shape index (κ3) is 2.25. The number of hydrogen-bond donors (Lipinski definition) is 1. The Morgan fingerprint density at radius 3 is 2.47 bits per heavy atom. The van der Waals surface area contributed by atoms with Crippen molar-refractivity contribution in [2.75, 3.05) is 0 Å². The predicted molar refractivity (Wildman–Crippen MR) is 68.1 cm³/mol. The van der Waals surface area contributed by atoms with Crippen LogP contribution in [0.3, 0.4) is 0 Å². The molecule has 1 aromatic rings. The van der Waals surface area contributed by atoms with Gasteiger partial charge in [-0.05, 0) is 24.6 Å². The fourth-order valence-corrected chi connectivity index (χ4v) is 3.18. The van der Waals surface area contributed by atoms with Crippen LogP contribution in [0.2, 0.25) is 5.02 Å². The Balaban J connectivity index is 2.27. The van der Waals surface area contributed by atoms with Crippen molar-refractivity contribution in [1.82, 2.24) is 4.90 Å². The smallest absolute Gasteiger partial charge is 0.322 e. The molecule has 1 saturated heterocycles. The van der Waals surface area contributed by atoms with Crippen LogP contribution in [0.5, 0.6) is 0 Å². The minimum atomic E-state index is -0.702. The first kappa shape index (κ1) is 12.3. The second-order valence-corrected chi connectivity index (χ2v) is 5.33. The van der Waals surface area contributed by atoms with E-state index in [4.69, 9.17) is 17.3 Å². The molecule has 0 saturated carbocycles. The highest BCUT2D eigenvalue weighted by atomic mass is 35.5. The summed E-state index contributed by atoms with van der Waals surface area (Å²) in [7, 11) is 0. The average molecular weight is 271 g/mol. The van der Waals surface area contributed by atoms with Gasteiger partial charge in [-0.25, -0.2) is 4.79 Å². The number of urea groups is 1. The molecule has 0 aliphatic carbocycles. The second-order valence-electron chi connectivity index (χ2n) is 3.80. The summed E-state index contributed by atoms with van der Waals surface area (Å²) < 4.78 is 0. The lowest BCUT2D eigenvalue weighted by atomic mass is 10.1. The molecule has 2 N–H and O–H groups in total. The van der Waals surface area contributed by atoms with Crippen molar-refractivity contribution >= 4 is 34.6 Å². The number of thioether (sulfide) groups is 1. The van der Waals surface area contributed by atoms with Crippen LogP contribution in [-0.4, -0.2) is 22.2 Å². The van der Waals surface area contributed by atoms with Gasteiger partial charge in [0, 0.05) is 5.02 Å². The topological polar surface area (TPSA) is 63.4 Å². The Hall–Kier alpha value is -1.20. The van der Waals surface area contributed by atoms with E-state index in [0.29, 0.717) is 5.02 Å². The van der Waals surface area contributed by atoms with Crippen molar-refractivity contribution in [2.45, 2.75) is 18.2 Å². The molecule has 0 radical (unpaired) electrons. The number of carbonyl (C=O) groups is 2. The molecular weight excluding hydrogens is 260 g/mol. The summed E-state index contributed by atoms with van der Waals surface area (Å²) in [5.74, 6) is 0. The molecule has 1 fully saturated rings. The van der Waals surface area contributed by atoms with E-state index in [1.54, 1.807) is 12.1 Å². The summed E-state index contributed by atoms with van der Waals surface area (Å²) in [6.45, 7) is 1.81. The monoisotopic (exact) mass is 270 g/mol. The summed E-state index contributed by atoms with van der Waals surface area (Å²) in [5, 5.41) is 0.250. The van der Waals surface area contributed by atoms with Gasteiger partial charge in [0.25, 0.3) is 5.24 Å². The highest BCUT2D eigenvalue weighted by Crippen LogP contribution is 2.42. The van der Waals surface area contributed by atoms with Gasteiger partial charge >= 0.3 is 6.03 Å². The molecule has 1 aliphatic heterocycles. The first-order valence-corrected chi connectivity index (χ1v) is 6.31. The molecule has 2 rings (SSSR count). The molecule has 0 aromatic heterocycles. The Labute approximate surface area is 108 Å². The lowest BCUT2D eigenvalue weighted by Crippen LogP contribution is -2.41. The van der Waals surface area contributed by atoms with Gasteiger partial charge in [0.15, 0.2) is 0 Å². The number of nitrogens with zero attached hydrogens (tertiary/aromatic N) is 1. The van der Waals surface area contributed by atoms with Crippen molar-refractivity contribution in [3.8, 4) is 0 Å². The molecule has 90 valence electrons. The molecule has 0 unspecified atom stereocenters. The van der Waals surface area contributed by atoms with Gasteiger partial charge in [-0.1, -0.05) is 35.5 Å². The Morgan fingerprint density at radius 2 is 2.00 bits per heavy atom. The van der Waals surface area contributed by atoms with Crippen LogP contribution in [0.4, 0.5) is 9.59 Å². The fourth-order valence-electron chi connectivity index (χ4n) is 1.86. The summed E-state index contributed by atoms with van der Waals surface area (Å²) >= 11 is 6.92. The second kappa shape index (κ2) is 4.58. The van der Waals surface area contributed by atoms with Crippen LogP contribution in [0.25, 0.3) is 0 Å². The van der Waals surface area contributed by atoms with Gasteiger partial charge in [0.05, 0.1) is 11.3 Å². The largest absolute Gasteiger partial charge is 0.351 e. The molecule has 4 nitrogen and oxygen atoms in total. The molecule has 2 atom stereocenters. The number of imide groups is 1. The number of primary amides is 1. The molecule has 3 amide bonds. The van der Waals surface area contributed by atoms with Crippen LogP contribution in [0, 0.1) is 0 Å². The highest BCUT2D eigenvalue weighted by molar-refractivity contribution is 8.14. The van der Waals surface area contributed by atoms with Crippen LogP contribution in [0.15, 0.2) is 24.3 Å². The van der Waals surface area contributed by atoms with Crippen molar-refractivity contribution < 1.29 is 9.59 Å². The van der Waals surface area contributed by atoms with Crippen molar-refractivity contribution in [1.29, 1.82) is 0 Å². The van der Waals surface area contributed by atoms with Crippen LogP contribution >= 0.6 is 23.4 Å². The SMILES string of the molecule is C[C@H]1[C@H](c2ccc(Cl)cc2)SC(=O)N1C(N)=O. The van der Waals surface area contributed by atoms with E-state index >= 15 is 0 Å². The molecule has 1 aliphatic rings. The summed E-state index contributed by atoms with van der Waals surface area (Å²) in [4.78, 5) is 23.9. The van der Waals surface area contributed by atoms with Gasteiger partial charge in [0.2, 0.25) is 0 Å². The standard InChI is InChI=1S/C11H11ClN2O2S/c1-6-9(7-2-4-8(12)5-3-7)17-11(16)14(6)10(13)15/h2-6,9H,1H3,(H2,13,15)/t6-,9+/m0/s1. The number of carbonyl (C=O) groups excluding carboxylic acids is 2. The van der Waals surface area contributed by atoms with Crippen LogP contribution < -0.4 is 5.73 Å². The van der Waals surface area contributed by atoms with Crippen LogP contribution in [-0.2, 0) is 0 Å². The van der Waals surface area contributed by atoms with E-state index in [2.05, 4.69) is 0 Å². The molecule has 0 bridgehead atoms. The normalized spacial score (nSPS) is 24.1. The molecule has 17 heavy (non-hydrogen) atoms. The number of benzene rings is 1. The minimum Gasteiger partial charge on any atom is -0.351 e. The molecule has 1 aromatic carbocycles. The summed E-state index contributed by atoms with van der Waals surface area (Å²) in [6.07, 6.45) is 0.